The highest BCUT2D eigenvalue weighted by Crippen LogP contribution is 2.49. The van der Waals surface area contributed by atoms with E-state index in [0.717, 1.165) is 32.2 Å². The second kappa shape index (κ2) is 5.00. The largest absolute Gasteiger partial charge is 0.309 e. The number of hydrogen-bond acceptors (Lipinski definition) is 3. The summed E-state index contributed by atoms with van der Waals surface area (Å²) in [6.07, 6.45) is 4.23. The first-order chi connectivity index (χ1) is 8.44. The molecule has 4 heteroatoms. The highest BCUT2D eigenvalue weighted by molar-refractivity contribution is 6.06. The van der Waals surface area contributed by atoms with Crippen molar-refractivity contribution in [3.63, 3.8) is 0 Å². The number of carbonyl (C=O) groups excluding carboxylic acids is 2. The van der Waals surface area contributed by atoms with Crippen LogP contribution in [0.1, 0.15) is 39.0 Å². The minimum atomic E-state index is -0.325. The van der Waals surface area contributed by atoms with Crippen molar-refractivity contribution < 1.29 is 9.59 Å². The van der Waals surface area contributed by atoms with Gasteiger partial charge in [0, 0.05) is 13.0 Å². The molecule has 2 fully saturated rings. The molecule has 2 rings (SSSR count). The molecule has 1 aliphatic carbocycles. The lowest BCUT2D eigenvalue weighted by Crippen LogP contribution is -2.36. The van der Waals surface area contributed by atoms with Gasteiger partial charge in [-0.1, -0.05) is 6.92 Å². The third kappa shape index (κ3) is 2.44. The lowest BCUT2D eigenvalue weighted by molar-refractivity contribution is -0.141. The second-order valence-electron chi connectivity index (χ2n) is 6.31. The summed E-state index contributed by atoms with van der Waals surface area (Å²) in [7, 11) is 4.02. The molecule has 2 amide bonds. The predicted molar refractivity (Wildman–Crippen MR) is 70.0 cm³/mol. The van der Waals surface area contributed by atoms with Gasteiger partial charge in [-0.3, -0.25) is 14.5 Å². The molecule has 0 unspecified atom stereocenters. The van der Waals surface area contributed by atoms with Crippen molar-refractivity contribution in [1.82, 2.24) is 9.80 Å². The number of likely N-dealkylation sites (tertiary alicyclic amines) is 1. The van der Waals surface area contributed by atoms with Gasteiger partial charge in [0.15, 0.2) is 0 Å². The van der Waals surface area contributed by atoms with Crippen LogP contribution < -0.4 is 0 Å². The Labute approximate surface area is 109 Å². The Bertz CT molecular complexity index is 354. The van der Waals surface area contributed by atoms with Gasteiger partial charge >= 0.3 is 0 Å². The van der Waals surface area contributed by atoms with Gasteiger partial charge in [0.2, 0.25) is 11.8 Å². The maximum Gasteiger partial charge on any atom is 0.235 e. The zero-order valence-corrected chi connectivity index (χ0v) is 11.7. The number of amides is 2. The summed E-state index contributed by atoms with van der Waals surface area (Å²) in [5.74, 6) is 0.743. The first-order valence-corrected chi connectivity index (χ1v) is 6.94. The average molecular weight is 252 g/mol. The van der Waals surface area contributed by atoms with Gasteiger partial charge in [-0.2, -0.15) is 0 Å². The fraction of sp³-hybridized carbons (Fsp3) is 0.857. The summed E-state index contributed by atoms with van der Waals surface area (Å²) in [5, 5.41) is 0. The van der Waals surface area contributed by atoms with E-state index in [2.05, 4.69) is 11.8 Å². The summed E-state index contributed by atoms with van der Waals surface area (Å²) in [5.41, 5.74) is -0.325. The molecule has 1 spiro atoms. The SMILES string of the molecule is C[C@@H]1CC[C@@]2(CC(=O)N(CCCN(C)C)C2=O)C1. The van der Waals surface area contributed by atoms with Gasteiger partial charge in [-0.15, -0.1) is 0 Å². The molecule has 1 aliphatic heterocycles. The highest BCUT2D eigenvalue weighted by atomic mass is 16.2. The molecule has 18 heavy (non-hydrogen) atoms. The lowest BCUT2D eigenvalue weighted by Gasteiger charge is -2.21. The van der Waals surface area contributed by atoms with Crippen molar-refractivity contribution >= 4 is 11.8 Å². The molecule has 1 saturated heterocycles. The summed E-state index contributed by atoms with van der Waals surface area (Å²) in [6.45, 7) is 3.69. The van der Waals surface area contributed by atoms with Gasteiger partial charge in [0.25, 0.3) is 0 Å². The van der Waals surface area contributed by atoms with E-state index in [1.165, 1.54) is 4.90 Å². The smallest absolute Gasteiger partial charge is 0.235 e. The molecular weight excluding hydrogens is 228 g/mol. The maximum absolute atomic E-state index is 12.5. The Morgan fingerprint density at radius 3 is 2.67 bits per heavy atom. The van der Waals surface area contributed by atoms with Crippen molar-refractivity contribution in [2.45, 2.75) is 39.0 Å². The van der Waals surface area contributed by atoms with Gasteiger partial charge < -0.3 is 4.90 Å². The monoisotopic (exact) mass is 252 g/mol. The number of hydrogen-bond donors (Lipinski definition) is 0. The Kier molecular flexibility index (Phi) is 3.76. The Hall–Kier alpha value is -0.900. The molecule has 0 radical (unpaired) electrons. The van der Waals surface area contributed by atoms with Crippen molar-refractivity contribution in [3.05, 3.63) is 0 Å². The summed E-state index contributed by atoms with van der Waals surface area (Å²) in [6, 6.07) is 0. The molecule has 2 aliphatic rings. The van der Waals surface area contributed by atoms with Crippen LogP contribution in [0.2, 0.25) is 0 Å². The minimum absolute atomic E-state index is 0.0489. The molecule has 0 aromatic rings. The quantitative estimate of drug-likeness (QED) is 0.712. The normalized spacial score (nSPS) is 32.2. The number of nitrogens with zero attached hydrogens (tertiary/aromatic N) is 2. The second-order valence-corrected chi connectivity index (χ2v) is 6.31. The van der Waals surface area contributed by atoms with Crippen molar-refractivity contribution in [2.75, 3.05) is 27.2 Å². The van der Waals surface area contributed by atoms with Gasteiger partial charge in [0.1, 0.15) is 0 Å². The fourth-order valence-electron chi connectivity index (χ4n) is 3.38. The number of carbonyl (C=O) groups is 2. The lowest BCUT2D eigenvalue weighted by atomic mass is 9.84. The van der Waals surface area contributed by atoms with E-state index in [0.29, 0.717) is 18.9 Å². The number of rotatable bonds is 4. The molecule has 0 aromatic heterocycles. The molecule has 0 N–H and O–H groups in total. The standard InChI is InChI=1S/C14H24N2O2/c1-11-5-6-14(9-11)10-12(17)16(13(14)18)8-4-7-15(2)3/h11H,4-10H2,1-3H3/t11-,14+/m1/s1. The first kappa shape index (κ1) is 13.5. The van der Waals surface area contributed by atoms with Crippen LogP contribution >= 0.6 is 0 Å². The van der Waals surface area contributed by atoms with Crippen LogP contribution in [0.3, 0.4) is 0 Å². The third-order valence-electron chi connectivity index (χ3n) is 4.33. The van der Waals surface area contributed by atoms with E-state index in [4.69, 9.17) is 0 Å². The molecule has 0 bridgehead atoms. The Balaban J connectivity index is 1.97. The molecular formula is C14H24N2O2. The maximum atomic E-state index is 12.5. The van der Waals surface area contributed by atoms with Crippen molar-refractivity contribution in [3.8, 4) is 0 Å². The van der Waals surface area contributed by atoms with Crippen LogP contribution in [-0.2, 0) is 9.59 Å². The predicted octanol–water partition coefficient (Wildman–Crippen LogP) is 1.50. The van der Waals surface area contributed by atoms with Crippen LogP contribution in [0.25, 0.3) is 0 Å². The third-order valence-corrected chi connectivity index (χ3v) is 4.33. The van der Waals surface area contributed by atoms with E-state index in [1.54, 1.807) is 0 Å². The summed E-state index contributed by atoms with van der Waals surface area (Å²) < 4.78 is 0. The van der Waals surface area contributed by atoms with Crippen LogP contribution in [0.15, 0.2) is 0 Å². The van der Waals surface area contributed by atoms with Gasteiger partial charge in [-0.25, -0.2) is 0 Å². The minimum Gasteiger partial charge on any atom is -0.309 e. The first-order valence-electron chi connectivity index (χ1n) is 6.94. The summed E-state index contributed by atoms with van der Waals surface area (Å²) in [4.78, 5) is 28.1. The van der Waals surface area contributed by atoms with Crippen molar-refractivity contribution in [2.24, 2.45) is 11.3 Å². The van der Waals surface area contributed by atoms with Crippen LogP contribution in [-0.4, -0.2) is 48.8 Å². The molecule has 2 atom stereocenters. The zero-order valence-electron chi connectivity index (χ0n) is 11.7. The number of imide groups is 1. The molecule has 102 valence electrons. The molecule has 0 aromatic carbocycles. The van der Waals surface area contributed by atoms with Gasteiger partial charge in [-0.05, 0) is 52.2 Å². The zero-order chi connectivity index (χ0) is 13.3. The molecule has 4 nitrogen and oxygen atoms in total. The van der Waals surface area contributed by atoms with E-state index >= 15 is 0 Å². The Morgan fingerprint density at radius 1 is 1.39 bits per heavy atom. The van der Waals surface area contributed by atoms with E-state index in [1.807, 2.05) is 14.1 Å². The molecule has 1 saturated carbocycles. The van der Waals surface area contributed by atoms with E-state index < -0.39 is 0 Å². The summed E-state index contributed by atoms with van der Waals surface area (Å²) >= 11 is 0. The topological polar surface area (TPSA) is 40.6 Å². The van der Waals surface area contributed by atoms with Crippen LogP contribution in [0.4, 0.5) is 0 Å². The average Bonchev–Trinajstić information content (AvgIpc) is 2.74. The Morgan fingerprint density at radius 2 is 2.11 bits per heavy atom. The van der Waals surface area contributed by atoms with Crippen LogP contribution in [0, 0.1) is 11.3 Å². The van der Waals surface area contributed by atoms with Crippen LogP contribution in [0.5, 0.6) is 0 Å². The van der Waals surface area contributed by atoms with E-state index in [9.17, 15) is 9.59 Å². The van der Waals surface area contributed by atoms with Gasteiger partial charge in [0.05, 0.1) is 5.41 Å². The molecule has 1 heterocycles. The van der Waals surface area contributed by atoms with E-state index in [-0.39, 0.29) is 17.2 Å². The highest BCUT2D eigenvalue weighted by Gasteiger charge is 2.53. The van der Waals surface area contributed by atoms with Crippen molar-refractivity contribution in [1.29, 1.82) is 0 Å². The fourth-order valence-corrected chi connectivity index (χ4v) is 3.38.